The minimum Gasteiger partial charge on any atom is -0.479 e. The van der Waals surface area contributed by atoms with Crippen LogP contribution in [-0.4, -0.2) is 23.3 Å². The normalized spacial score (nSPS) is 13.8. The third-order valence-electron chi connectivity index (χ3n) is 0.779. The van der Waals surface area contributed by atoms with Crippen LogP contribution >= 0.6 is 0 Å². The molecular formula is C5H12N2O2. The number of hydrogen-bond acceptors (Lipinski definition) is 3. The summed E-state index contributed by atoms with van der Waals surface area (Å²) < 4.78 is 0. The van der Waals surface area contributed by atoms with E-state index in [1.807, 2.05) is 13.8 Å². The maximum absolute atomic E-state index is 10.0. The van der Waals surface area contributed by atoms with Crippen molar-refractivity contribution in [3.05, 3.63) is 0 Å². The number of carbonyl (C=O) groups is 1. The van der Waals surface area contributed by atoms with Gasteiger partial charge in [-0.3, -0.25) is 5.32 Å². The van der Waals surface area contributed by atoms with Gasteiger partial charge in [-0.05, 0) is 13.8 Å². The van der Waals surface area contributed by atoms with E-state index in [0.29, 0.717) is 0 Å². The Labute approximate surface area is 54.0 Å². The van der Waals surface area contributed by atoms with E-state index in [2.05, 4.69) is 5.32 Å². The first-order valence-corrected chi connectivity index (χ1v) is 2.78. The molecule has 0 aromatic carbocycles. The number of aliphatic carboxylic acids is 1. The topological polar surface area (TPSA) is 75.3 Å². The summed E-state index contributed by atoms with van der Waals surface area (Å²) in [7, 11) is 0. The summed E-state index contributed by atoms with van der Waals surface area (Å²) >= 11 is 0. The lowest BCUT2D eigenvalue weighted by Gasteiger charge is -2.11. The van der Waals surface area contributed by atoms with Gasteiger partial charge in [0, 0.05) is 6.04 Å². The average Bonchev–Trinajstić information content (AvgIpc) is 1.63. The molecule has 0 saturated heterocycles. The van der Waals surface area contributed by atoms with Gasteiger partial charge in [0.05, 0.1) is 0 Å². The lowest BCUT2D eigenvalue weighted by Crippen LogP contribution is -2.47. The van der Waals surface area contributed by atoms with E-state index in [0.717, 1.165) is 0 Å². The van der Waals surface area contributed by atoms with Crippen LogP contribution < -0.4 is 11.1 Å². The van der Waals surface area contributed by atoms with Gasteiger partial charge in [-0.2, -0.15) is 0 Å². The molecule has 9 heavy (non-hydrogen) atoms. The monoisotopic (exact) mass is 132 g/mol. The van der Waals surface area contributed by atoms with E-state index in [-0.39, 0.29) is 6.04 Å². The van der Waals surface area contributed by atoms with Crippen LogP contribution in [0.2, 0.25) is 0 Å². The number of carboxylic acids is 1. The van der Waals surface area contributed by atoms with Gasteiger partial charge in [-0.1, -0.05) is 0 Å². The molecule has 54 valence electrons. The van der Waals surface area contributed by atoms with Gasteiger partial charge in [0.15, 0.2) is 6.17 Å². The maximum atomic E-state index is 10.0. The molecule has 1 unspecified atom stereocenters. The summed E-state index contributed by atoms with van der Waals surface area (Å²) in [6.07, 6.45) is -0.940. The molecular weight excluding hydrogens is 120 g/mol. The quantitative estimate of drug-likeness (QED) is 0.446. The summed E-state index contributed by atoms with van der Waals surface area (Å²) in [6.45, 7) is 3.67. The Morgan fingerprint density at radius 2 is 2.11 bits per heavy atom. The molecule has 0 aliphatic carbocycles. The van der Waals surface area contributed by atoms with E-state index in [9.17, 15) is 4.79 Å². The molecule has 0 heterocycles. The van der Waals surface area contributed by atoms with E-state index >= 15 is 0 Å². The molecule has 4 nitrogen and oxygen atoms in total. The van der Waals surface area contributed by atoms with Crippen molar-refractivity contribution in [2.24, 2.45) is 5.73 Å². The largest absolute Gasteiger partial charge is 0.479 e. The zero-order chi connectivity index (χ0) is 7.44. The molecule has 0 bridgehead atoms. The predicted octanol–water partition coefficient (Wildman–Crippen LogP) is -0.646. The Balaban J connectivity index is 3.50. The third kappa shape index (κ3) is 3.93. The van der Waals surface area contributed by atoms with Gasteiger partial charge >= 0.3 is 5.97 Å². The van der Waals surface area contributed by atoms with Crippen LogP contribution in [-0.2, 0) is 4.79 Å². The van der Waals surface area contributed by atoms with Crippen molar-refractivity contribution in [3.8, 4) is 0 Å². The molecule has 0 aliphatic heterocycles. The number of carboxylic acid groups (broad SMARTS) is 1. The highest BCUT2D eigenvalue weighted by molar-refractivity contribution is 5.72. The summed E-state index contributed by atoms with van der Waals surface area (Å²) in [5.74, 6) is -1.02. The Kier molecular flexibility index (Phi) is 3.19. The van der Waals surface area contributed by atoms with Crippen LogP contribution in [0.4, 0.5) is 0 Å². The first-order chi connectivity index (χ1) is 4.04. The average molecular weight is 132 g/mol. The molecule has 0 rings (SSSR count). The van der Waals surface area contributed by atoms with Gasteiger partial charge in [0.2, 0.25) is 0 Å². The van der Waals surface area contributed by atoms with Crippen LogP contribution in [0.25, 0.3) is 0 Å². The van der Waals surface area contributed by atoms with Gasteiger partial charge in [-0.25, -0.2) is 4.79 Å². The van der Waals surface area contributed by atoms with Gasteiger partial charge < -0.3 is 10.8 Å². The second kappa shape index (κ2) is 3.42. The highest BCUT2D eigenvalue weighted by Crippen LogP contribution is 1.78. The number of hydrogen-bond donors (Lipinski definition) is 3. The van der Waals surface area contributed by atoms with Gasteiger partial charge in [0.1, 0.15) is 0 Å². The van der Waals surface area contributed by atoms with Crippen molar-refractivity contribution >= 4 is 5.97 Å². The smallest absolute Gasteiger partial charge is 0.335 e. The lowest BCUT2D eigenvalue weighted by atomic mass is 10.3. The van der Waals surface area contributed by atoms with Crippen molar-refractivity contribution < 1.29 is 9.90 Å². The fraction of sp³-hybridized carbons (Fsp3) is 0.800. The van der Waals surface area contributed by atoms with E-state index in [4.69, 9.17) is 10.8 Å². The Hall–Kier alpha value is -0.610. The Morgan fingerprint density at radius 1 is 1.67 bits per heavy atom. The molecule has 0 amide bonds. The third-order valence-corrected chi connectivity index (χ3v) is 0.779. The lowest BCUT2D eigenvalue weighted by molar-refractivity contribution is -0.139. The number of rotatable bonds is 3. The molecule has 0 aromatic rings. The fourth-order valence-electron chi connectivity index (χ4n) is 0.430. The SMILES string of the molecule is CC(C)NC(N)C(=O)O. The van der Waals surface area contributed by atoms with Crippen LogP contribution in [0.1, 0.15) is 13.8 Å². The number of nitrogens with two attached hydrogens (primary N) is 1. The van der Waals surface area contributed by atoms with Gasteiger partial charge in [0.25, 0.3) is 0 Å². The molecule has 0 aliphatic rings. The minimum atomic E-state index is -1.02. The van der Waals surface area contributed by atoms with Gasteiger partial charge in [-0.15, -0.1) is 0 Å². The van der Waals surface area contributed by atoms with Crippen molar-refractivity contribution in [1.82, 2.24) is 5.32 Å². The van der Waals surface area contributed by atoms with Crippen molar-refractivity contribution in [2.75, 3.05) is 0 Å². The highest BCUT2D eigenvalue weighted by atomic mass is 16.4. The highest BCUT2D eigenvalue weighted by Gasteiger charge is 2.10. The fourth-order valence-corrected chi connectivity index (χ4v) is 0.430. The number of nitrogens with one attached hydrogen (secondary N) is 1. The molecule has 0 aromatic heterocycles. The first kappa shape index (κ1) is 8.39. The molecule has 1 atom stereocenters. The Bertz CT molecular complexity index is 103. The van der Waals surface area contributed by atoms with E-state index < -0.39 is 12.1 Å². The van der Waals surface area contributed by atoms with Crippen molar-refractivity contribution in [3.63, 3.8) is 0 Å². The molecule has 4 heteroatoms. The van der Waals surface area contributed by atoms with E-state index in [1.54, 1.807) is 0 Å². The summed E-state index contributed by atoms with van der Waals surface area (Å²) in [5, 5.41) is 10.9. The Morgan fingerprint density at radius 3 is 2.22 bits per heavy atom. The van der Waals surface area contributed by atoms with Crippen molar-refractivity contribution in [1.29, 1.82) is 0 Å². The molecule has 0 saturated carbocycles. The summed E-state index contributed by atoms with van der Waals surface area (Å²) in [4.78, 5) is 10.0. The minimum absolute atomic E-state index is 0.107. The predicted molar refractivity (Wildman–Crippen MR) is 33.9 cm³/mol. The van der Waals surface area contributed by atoms with Crippen LogP contribution in [0.3, 0.4) is 0 Å². The second-order valence-corrected chi connectivity index (χ2v) is 2.14. The maximum Gasteiger partial charge on any atom is 0.335 e. The summed E-state index contributed by atoms with van der Waals surface area (Å²) in [6, 6.07) is 0.107. The molecule has 4 N–H and O–H groups in total. The van der Waals surface area contributed by atoms with Crippen molar-refractivity contribution in [2.45, 2.75) is 26.1 Å². The molecule has 0 spiro atoms. The standard InChI is InChI=1S/C5H12N2O2/c1-3(2)7-4(6)5(8)9/h3-4,7H,6H2,1-2H3,(H,8,9). The van der Waals surface area contributed by atoms with Crippen LogP contribution in [0.5, 0.6) is 0 Å². The van der Waals surface area contributed by atoms with Crippen LogP contribution in [0.15, 0.2) is 0 Å². The first-order valence-electron chi connectivity index (χ1n) is 2.78. The van der Waals surface area contributed by atoms with E-state index in [1.165, 1.54) is 0 Å². The zero-order valence-electron chi connectivity index (χ0n) is 5.59. The zero-order valence-corrected chi connectivity index (χ0v) is 5.59. The molecule has 0 radical (unpaired) electrons. The summed E-state index contributed by atoms with van der Waals surface area (Å²) in [5.41, 5.74) is 5.11. The van der Waals surface area contributed by atoms with Crippen LogP contribution in [0, 0.1) is 0 Å². The molecule has 0 fully saturated rings. The second-order valence-electron chi connectivity index (χ2n) is 2.14.